The number of carbonyl (C=O) groups excluding carboxylic acids is 1. The molecule has 0 aliphatic heterocycles. The monoisotopic (exact) mass is 182 g/mol. The number of hydrogen-bond donors (Lipinski definition) is 0. The van der Waals surface area contributed by atoms with Crippen molar-refractivity contribution in [2.75, 3.05) is 0 Å². The van der Waals surface area contributed by atoms with Crippen molar-refractivity contribution in [1.29, 1.82) is 0 Å². The van der Waals surface area contributed by atoms with Crippen LogP contribution in [0.2, 0.25) is 0 Å². The molecule has 0 aliphatic carbocycles. The standard InChI is InChI=1S/C4H4N2O4.K/c1-2(7)3-4(8)10-5-6(3)9;/h8H,1H3;/q;+1/p-1. The Balaban J connectivity index is 0.000001000. The summed E-state index contributed by atoms with van der Waals surface area (Å²) in [4.78, 5) is 10.3. The Labute approximate surface area is 104 Å². The van der Waals surface area contributed by atoms with E-state index in [0.29, 0.717) is 0 Å². The van der Waals surface area contributed by atoms with Gasteiger partial charge in [0, 0.05) is 6.92 Å². The van der Waals surface area contributed by atoms with Gasteiger partial charge in [-0.1, -0.05) is 0 Å². The second kappa shape index (κ2) is 4.17. The zero-order valence-electron chi connectivity index (χ0n) is 6.03. The molecule has 1 heterocycles. The van der Waals surface area contributed by atoms with Gasteiger partial charge in [-0.05, 0) is 4.85 Å². The Morgan fingerprint density at radius 2 is 2.27 bits per heavy atom. The van der Waals surface area contributed by atoms with Crippen LogP contribution in [0.15, 0.2) is 4.52 Å². The fraction of sp³-hybridized carbons (Fsp3) is 0.250. The minimum atomic E-state index is -0.998. The van der Waals surface area contributed by atoms with Gasteiger partial charge in [-0.3, -0.25) is 4.79 Å². The van der Waals surface area contributed by atoms with Crippen molar-refractivity contribution in [3.8, 4) is 5.95 Å². The Bertz CT molecular complexity index is 252. The second-order valence-corrected chi connectivity index (χ2v) is 1.64. The van der Waals surface area contributed by atoms with E-state index >= 15 is 0 Å². The van der Waals surface area contributed by atoms with E-state index in [1.807, 2.05) is 0 Å². The predicted octanol–water partition coefficient (Wildman–Crippen LogP) is -4.41. The van der Waals surface area contributed by atoms with Gasteiger partial charge < -0.3 is 14.8 Å². The second-order valence-electron chi connectivity index (χ2n) is 1.64. The molecule has 0 aliphatic rings. The number of carbonyl (C=O) groups is 1. The molecular formula is C4H3KN2O4. The van der Waals surface area contributed by atoms with Crippen molar-refractivity contribution in [1.82, 2.24) is 5.27 Å². The van der Waals surface area contributed by atoms with Crippen LogP contribution in [-0.2, 0) is 0 Å². The van der Waals surface area contributed by atoms with Crippen molar-refractivity contribution in [2.24, 2.45) is 0 Å². The van der Waals surface area contributed by atoms with Crippen molar-refractivity contribution in [2.45, 2.75) is 6.92 Å². The Morgan fingerprint density at radius 3 is 2.45 bits per heavy atom. The maximum atomic E-state index is 10.4. The molecule has 1 aromatic heterocycles. The molecule has 0 atom stereocenters. The molecule has 0 spiro atoms. The summed E-state index contributed by atoms with van der Waals surface area (Å²) in [7, 11) is 0. The largest absolute Gasteiger partial charge is 1.00 e. The fourth-order valence-electron chi connectivity index (χ4n) is 0.515. The minimum absolute atomic E-state index is 0. The smallest absolute Gasteiger partial charge is 0.593 e. The summed E-state index contributed by atoms with van der Waals surface area (Å²) in [5.41, 5.74) is -0.583. The summed E-state index contributed by atoms with van der Waals surface area (Å²) in [6.07, 6.45) is 0. The van der Waals surface area contributed by atoms with Gasteiger partial charge in [0.1, 0.15) is 0 Å². The van der Waals surface area contributed by atoms with Gasteiger partial charge in [-0.15, -0.1) is 0 Å². The molecule has 0 saturated carbocycles. The summed E-state index contributed by atoms with van der Waals surface area (Å²) in [6.45, 7) is 1.09. The van der Waals surface area contributed by atoms with Crippen LogP contribution in [0.1, 0.15) is 17.4 Å². The molecule has 0 amide bonds. The molecule has 0 N–H and O–H groups in total. The first-order valence-electron chi connectivity index (χ1n) is 2.40. The van der Waals surface area contributed by atoms with Gasteiger partial charge in [0.2, 0.25) is 5.78 Å². The van der Waals surface area contributed by atoms with Crippen LogP contribution >= 0.6 is 0 Å². The first kappa shape index (κ1) is 11.0. The van der Waals surface area contributed by atoms with E-state index in [2.05, 4.69) is 9.79 Å². The maximum absolute atomic E-state index is 10.4. The molecular weight excluding hydrogens is 179 g/mol. The molecule has 0 bridgehead atoms. The van der Waals surface area contributed by atoms with E-state index < -0.39 is 17.4 Å². The summed E-state index contributed by atoms with van der Waals surface area (Å²) >= 11 is 0. The fourth-order valence-corrected chi connectivity index (χ4v) is 0.515. The van der Waals surface area contributed by atoms with Gasteiger partial charge in [0.05, 0.1) is 5.27 Å². The van der Waals surface area contributed by atoms with E-state index in [-0.39, 0.29) is 56.2 Å². The molecule has 11 heavy (non-hydrogen) atoms. The van der Waals surface area contributed by atoms with Crippen molar-refractivity contribution in [3.05, 3.63) is 10.9 Å². The number of rotatable bonds is 1. The molecule has 54 valence electrons. The van der Waals surface area contributed by atoms with Crippen molar-refractivity contribution >= 4 is 5.78 Å². The molecule has 0 aromatic carbocycles. The zero-order valence-corrected chi connectivity index (χ0v) is 9.15. The summed E-state index contributed by atoms with van der Waals surface area (Å²) < 4.78 is 3.88. The van der Waals surface area contributed by atoms with E-state index in [4.69, 9.17) is 0 Å². The third kappa shape index (κ3) is 2.24. The molecule has 6 nitrogen and oxygen atoms in total. The topological polar surface area (TPSA) is 93.1 Å². The minimum Gasteiger partial charge on any atom is -0.593 e. The quantitative estimate of drug-likeness (QED) is 0.189. The summed E-state index contributed by atoms with van der Waals surface area (Å²) in [5.74, 6) is -1.65. The van der Waals surface area contributed by atoms with Crippen LogP contribution in [0, 0.1) is 5.21 Å². The van der Waals surface area contributed by atoms with Crippen LogP contribution in [0.5, 0.6) is 5.95 Å². The Kier molecular flexibility index (Phi) is 4.18. The number of aromatic nitrogens is 2. The van der Waals surface area contributed by atoms with Crippen LogP contribution in [0.25, 0.3) is 0 Å². The Morgan fingerprint density at radius 1 is 1.73 bits per heavy atom. The number of Topliss-reactive ketones (excluding diaryl/α,β-unsaturated/α-hetero) is 1. The third-order valence-electron chi connectivity index (χ3n) is 0.916. The average molecular weight is 182 g/mol. The van der Waals surface area contributed by atoms with Gasteiger partial charge in [0.25, 0.3) is 0 Å². The molecule has 1 rings (SSSR count). The van der Waals surface area contributed by atoms with Crippen LogP contribution < -0.4 is 61.3 Å². The number of ketones is 1. The maximum Gasteiger partial charge on any atom is 1.00 e. The predicted molar refractivity (Wildman–Crippen MR) is 24.9 cm³/mol. The molecule has 1 aromatic rings. The van der Waals surface area contributed by atoms with Gasteiger partial charge in [0.15, 0.2) is 5.95 Å². The van der Waals surface area contributed by atoms with E-state index in [1.165, 1.54) is 0 Å². The average Bonchev–Trinajstić information content (AvgIpc) is 2.11. The van der Waals surface area contributed by atoms with E-state index in [1.54, 1.807) is 0 Å². The molecule has 0 fully saturated rings. The van der Waals surface area contributed by atoms with Gasteiger partial charge in [-0.25, -0.2) is 0 Å². The molecule has 0 saturated heterocycles. The Hall–Kier alpha value is 0.0464. The van der Waals surface area contributed by atoms with Gasteiger partial charge >= 0.3 is 57.1 Å². The van der Waals surface area contributed by atoms with Gasteiger partial charge in [-0.2, -0.15) is 0 Å². The summed E-state index contributed by atoms with van der Waals surface area (Å²) in [6, 6.07) is 0. The van der Waals surface area contributed by atoms with Crippen LogP contribution in [0.4, 0.5) is 0 Å². The first-order chi connectivity index (χ1) is 4.63. The molecule has 0 unspecified atom stereocenters. The first-order valence-corrected chi connectivity index (χ1v) is 2.40. The zero-order chi connectivity index (χ0) is 7.72. The number of nitrogens with zero attached hydrogens (tertiary/aromatic N) is 2. The number of hydrogen-bond acceptors (Lipinski definition) is 5. The van der Waals surface area contributed by atoms with Crippen LogP contribution in [-0.4, -0.2) is 11.1 Å². The van der Waals surface area contributed by atoms with Crippen molar-refractivity contribution < 1.29 is 70.7 Å². The molecule has 0 radical (unpaired) electrons. The van der Waals surface area contributed by atoms with Crippen LogP contribution in [0.3, 0.4) is 0 Å². The normalized spacial score (nSPS) is 8.82. The summed E-state index contributed by atoms with van der Waals surface area (Å²) in [5, 5.41) is 23.5. The molecule has 7 heteroatoms. The third-order valence-corrected chi connectivity index (χ3v) is 0.916. The van der Waals surface area contributed by atoms with E-state index in [9.17, 15) is 15.1 Å². The SMILES string of the molecule is CC(=O)c1c([O-])on[n+]1[O-].[K+]. The van der Waals surface area contributed by atoms with E-state index in [0.717, 1.165) is 6.92 Å². The van der Waals surface area contributed by atoms with Crippen molar-refractivity contribution in [3.63, 3.8) is 0 Å².